The Hall–Kier alpha value is -0.370. The summed E-state index contributed by atoms with van der Waals surface area (Å²) in [6, 6.07) is 0. The lowest BCUT2D eigenvalue weighted by Gasteiger charge is -2.50. The maximum absolute atomic E-state index is 11.4. The third-order valence-corrected chi connectivity index (χ3v) is 3.46. The highest BCUT2D eigenvalue weighted by Crippen LogP contribution is 2.39. The Labute approximate surface area is 67.6 Å². The van der Waals surface area contributed by atoms with Gasteiger partial charge in [0.1, 0.15) is 5.78 Å². The Bertz CT molecular complexity index is 202. The SMILES string of the molecule is CN1CC2CCC1(C)CC2=O. The van der Waals surface area contributed by atoms with Crippen molar-refractivity contribution < 1.29 is 4.79 Å². The van der Waals surface area contributed by atoms with Crippen LogP contribution in [0, 0.1) is 5.92 Å². The van der Waals surface area contributed by atoms with E-state index in [1.54, 1.807) is 0 Å². The van der Waals surface area contributed by atoms with E-state index in [2.05, 4.69) is 18.9 Å². The van der Waals surface area contributed by atoms with Crippen LogP contribution in [0.1, 0.15) is 26.2 Å². The van der Waals surface area contributed by atoms with Crippen molar-refractivity contribution in [2.75, 3.05) is 13.6 Å². The van der Waals surface area contributed by atoms with Crippen LogP contribution >= 0.6 is 0 Å². The van der Waals surface area contributed by atoms with Crippen molar-refractivity contribution in [1.29, 1.82) is 0 Å². The normalized spacial score (nSPS) is 44.9. The predicted molar refractivity (Wildman–Crippen MR) is 43.4 cm³/mol. The van der Waals surface area contributed by atoms with Crippen LogP contribution in [0.15, 0.2) is 0 Å². The van der Waals surface area contributed by atoms with Gasteiger partial charge >= 0.3 is 0 Å². The monoisotopic (exact) mass is 153 g/mol. The number of carbonyl (C=O) groups is 1. The lowest BCUT2D eigenvalue weighted by Crippen LogP contribution is -2.58. The molecule has 11 heavy (non-hydrogen) atoms. The third-order valence-electron chi connectivity index (χ3n) is 3.46. The van der Waals surface area contributed by atoms with Crippen LogP contribution in [-0.4, -0.2) is 29.8 Å². The first-order valence-corrected chi connectivity index (χ1v) is 4.36. The molecule has 0 spiro atoms. The van der Waals surface area contributed by atoms with Gasteiger partial charge in [-0.2, -0.15) is 0 Å². The predicted octanol–water partition coefficient (Wildman–Crippen LogP) is 1.06. The fourth-order valence-electron chi connectivity index (χ4n) is 2.32. The highest BCUT2D eigenvalue weighted by molar-refractivity contribution is 5.84. The standard InChI is InChI=1S/C9H15NO/c1-9-4-3-7(6-10(9)2)8(11)5-9/h7H,3-6H2,1-2H3. The van der Waals surface area contributed by atoms with E-state index in [9.17, 15) is 4.79 Å². The molecule has 1 saturated carbocycles. The summed E-state index contributed by atoms with van der Waals surface area (Å²) in [5, 5.41) is 0. The minimum absolute atomic E-state index is 0.200. The Morgan fingerprint density at radius 3 is 2.73 bits per heavy atom. The zero-order chi connectivity index (χ0) is 8.06. The number of hydrogen-bond acceptors (Lipinski definition) is 2. The van der Waals surface area contributed by atoms with E-state index in [1.807, 2.05) is 0 Å². The van der Waals surface area contributed by atoms with E-state index in [0.29, 0.717) is 11.7 Å². The second-order valence-electron chi connectivity index (χ2n) is 4.26. The van der Waals surface area contributed by atoms with E-state index >= 15 is 0 Å². The molecule has 2 heteroatoms. The molecule has 2 heterocycles. The summed E-state index contributed by atoms with van der Waals surface area (Å²) in [5.74, 6) is 0.860. The summed E-state index contributed by atoms with van der Waals surface area (Å²) in [5.41, 5.74) is 0.200. The van der Waals surface area contributed by atoms with Gasteiger partial charge in [0.15, 0.2) is 0 Å². The van der Waals surface area contributed by atoms with Crippen LogP contribution in [-0.2, 0) is 4.79 Å². The summed E-state index contributed by atoms with van der Waals surface area (Å²) in [7, 11) is 2.14. The summed E-state index contributed by atoms with van der Waals surface area (Å²) >= 11 is 0. The van der Waals surface area contributed by atoms with Crippen LogP contribution in [0.5, 0.6) is 0 Å². The number of carbonyl (C=O) groups excluding carboxylic acids is 1. The highest BCUT2D eigenvalue weighted by Gasteiger charge is 2.45. The number of ketones is 1. The highest BCUT2D eigenvalue weighted by atomic mass is 16.1. The van der Waals surface area contributed by atoms with Crippen LogP contribution in [0.4, 0.5) is 0 Å². The summed E-state index contributed by atoms with van der Waals surface area (Å²) in [6.45, 7) is 3.20. The van der Waals surface area contributed by atoms with Gasteiger partial charge in [0, 0.05) is 24.4 Å². The molecule has 3 fully saturated rings. The molecule has 0 aromatic rings. The lowest BCUT2D eigenvalue weighted by atomic mass is 9.71. The molecule has 0 N–H and O–H groups in total. The number of rotatable bonds is 0. The minimum atomic E-state index is 0.200. The summed E-state index contributed by atoms with van der Waals surface area (Å²) in [4.78, 5) is 13.7. The molecule has 3 aliphatic rings. The maximum atomic E-state index is 11.4. The van der Waals surface area contributed by atoms with Gasteiger partial charge in [0.05, 0.1) is 0 Å². The Balaban J connectivity index is 2.26. The molecule has 2 bridgehead atoms. The van der Waals surface area contributed by atoms with Gasteiger partial charge in [-0.1, -0.05) is 0 Å². The summed E-state index contributed by atoms with van der Waals surface area (Å²) in [6.07, 6.45) is 3.12. The van der Waals surface area contributed by atoms with Crippen molar-refractivity contribution in [1.82, 2.24) is 4.90 Å². The lowest BCUT2D eigenvalue weighted by molar-refractivity contribution is -0.137. The van der Waals surface area contributed by atoms with Crippen molar-refractivity contribution in [3.63, 3.8) is 0 Å². The van der Waals surface area contributed by atoms with Gasteiger partial charge in [-0.3, -0.25) is 9.69 Å². The number of fused-ring (bicyclic) bond motifs is 3. The molecule has 2 unspecified atom stereocenters. The first-order chi connectivity index (χ1) is 5.12. The van der Waals surface area contributed by atoms with E-state index in [1.165, 1.54) is 6.42 Å². The molecule has 62 valence electrons. The van der Waals surface area contributed by atoms with Crippen LogP contribution < -0.4 is 0 Å². The molecule has 0 aromatic carbocycles. The quantitative estimate of drug-likeness (QED) is 0.518. The first-order valence-electron chi connectivity index (χ1n) is 4.36. The van der Waals surface area contributed by atoms with Crippen molar-refractivity contribution in [2.24, 2.45) is 5.92 Å². The molecule has 2 aliphatic heterocycles. The first kappa shape index (κ1) is 7.29. The maximum Gasteiger partial charge on any atom is 0.139 e. The van der Waals surface area contributed by atoms with Crippen molar-refractivity contribution >= 4 is 5.78 Å². The largest absolute Gasteiger partial charge is 0.300 e. The Morgan fingerprint density at radius 1 is 1.64 bits per heavy atom. The second kappa shape index (κ2) is 2.07. The number of piperidine rings is 2. The minimum Gasteiger partial charge on any atom is -0.300 e. The zero-order valence-electron chi connectivity index (χ0n) is 7.26. The number of hydrogen-bond donors (Lipinski definition) is 0. The molecule has 2 atom stereocenters. The fourth-order valence-corrected chi connectivity index (χ4v) is 2.32. The number of Topliss-reactive ketones (excluding diaryl/α,β-unsaturated/α-hetero) is 1. The third kappa shape index (κ3) is 0.924. The Kier molecular flexibility index (Phi) is 1.37. The van der Waals surface area contributed by atoms with Gasteiger partial charge in [0.2, 0.25) is 0 Å². The Morgan fingerprint density at radius 2 is 2.36 bits per heavy atom. The molecule has 2 nitrogen and oxygen atoms in total. The van der Waals surface area contributed by atoms with Gasteiger partial charge in [0.25, 0.3) is 0 Å². The fraction of sp³-hybridized carbons (Fsp3) is 0.889. The zero-order valence-corrected chi connectivity index (χ0v) is 7.26. The smallest absolute Gasteiger partial charge is 0.139 e. The topological polar surface area (TPSA) is 20.3 Å². The van der Waals surface area contributed by atoms with Crippen molar-refractivity contribution in [3.8, 4) is 0 Å². The van der Waals surface area contributed by atoms with Gasteiger partial charge in [-0.05, 0) is 26.8 Å². The van der Waals surface area contributed by atoms with Crippen LogP contribution in [0.2, 0.25) is 0 Å². The van der Waals surface area contributed by atoms with E-state index in [0.717, 1.165) is 19.4 Å². The second-order valence-corrected chi connectivity index (χ2v) is 4.26. The van der Waals surface area contributed by atoms with Crippen molar-refractivity contribution in [3.05, 3.63) is 0 Å². The van der Waals surface area contributed by atoms with E-state index in [4.69, 9.17) is 0 Å². The molecule has 2 saturated heterocycles. The number of nitrogens with zero attached hydrogens (tertiary/aromatic N) is 1. The van der Waals surface area contributed by atoms with E-state index < -0.39 is 0 Å². The molecule has 3 rings (SSSR count). The molecule has 0 radical (unpaired) electrons. The molecule has 1 aliphatic carbocycles. The van der Waals surface area contributed by atoms with Gasteiger partial charge < -0.3 is 0 Å². The average molecular weight is 153 g/mol. The molecular formula is C9H15NO. The van der Waals surface area contributed by atoms with Crippen molar-refractivity contribution in [2.45, 2.75) is 31.7 Å². The summed E-state index contributed by atoms with van der Waals surface area (Å²) < 4.78 is 0. The molecular weight excluding hydrogens is 138 g/mol. The van der Waals surface area contributed by atoms with Gasteiger partial charge in [-0.15, -0.1) is 0 Å². The van der Waals surface area contributed by atoms with Gasteiger partial charge in [-0.25, -0.2) is 0 Å². The van der Waals surface area contributed by atoms with E-state index in [-0.39, 0.29) is 5.54 Å². The molecule has 0 amide bonds. The van der Waals surface area contributed by atoms with Crippen LogP contribution in [0.25, 0.3) is 0 Å². The molecule has 0 aromatic heterocycles. The van der Waals surface area contributed by atoms with Crippen LogP contribution in [0.3, 0.4) is 0 Å². The average Bonchev–Trinajstić information content (AvgIpc) is 1.92.